The number of amides is 1. The van der Waals surface area contributed by atoms with Gasteiger partial charge in [-0.15, -0.1) is 0 Å². The molecule has 33 heavy (non-hydrogen) atoms. The number of Topliss-reactive ketones (excluding diaryl/α,β-unsaturated/α-hetero) is 1. The number of ketones is 1. The normalized spacial score (nSPS) is 14.4. The molecule has 1 amide bonds. The molecule has 1 saturated carbocycles. The van der Waals surface area contributed by atoms with Crippen LogP contribution in [0, 0.1) is 13.8 Å². The fourth-order valence-electron chi connectivity index (χ4n) is 4.12. The molecule has 0 aliphatic heterocycles. The highest BCUT2D eigenvalue weighted by atomic mass is 32.1. The minimum Gasteiger partial charge on any atom is -0.336 e. The maximum Gasteiger partial charge on any atom is 0.261 e. The Balaban J connectivity index is 1.69. The number of carbonyl (C=O) groups is 2. The van der Waals surface area contributed by atoms with Crippen LogP contribution >= 0.6 is 11.3 Å². The Morgan fingerprint density at radius 1 is 1.12 bits per heavy atom. The van der Waals surface area contributed by atoms with Gasteiger partial charge in [0.05, 0.1) is 33.3 Å². The van der Waals surface area contributed by atoms with Crippen LogP contribution in [0.25, 0.3) is 11.1 Å². The molecule has 0 radical (unpaired) electrons. The van der Waals surface area contributed by atoms with Gasteiger partial charge in [0, 0.05) is 18.5 Å². The second-order valence-corrected chi connectivity index (χ2v) is 9.52. The quantitative estimate of drug-likeness (QED) is 0.339. The molecule has 0 saturated heterocycles. The summed E-state index contributed by atoms with van der Waals surface area (Å²) in [4.78, 5) is 37.8. The van der Waals surface area contributed by atoms with Gasteiger partial charge in [0.15, 0.2) is 10.9 Å². The van der Waals surface area contributed by atoms with Gasteiger partial charge >= 0.3 is 0 Å². The summed E-state index contributed by atoms with van der Waals surface area (Å²) in [7, 11) is 0. The van der Waals surface area contributed by atoms with E-state index in [-0.39, 0.29) is 17.7 Å². The van der Waals surface area contributed by atoms with Gasteiger partial charge in [-0.3, -0.25) is 14.5 Å². The molecule has 1 aliphatic rings. The molecule has 168 valence electrons. The standard InChI is InChI=1S/C25H24N4O3S/c1-13-21-19(12-20(18-10-11-18)27-23(21)32-28-13)24(31)29(15(3)17-8-6-5-7-9-17)25-26-14(2)22(33-25)16(4)30/h5-9,12,15,18H,10-11H2,1-4H3/t15-/m1/s1. The van der Waals surface area contributed by atoms with Crippen LogP contribution in [0.5, 0.6) is 0 Å². The molecule has 0 unspecified atom stereocenters. The predicted molar refractivity (Wildman–Crippen MR) is 127 cm³/mol. The van der Waals surface area contributed by atoms with Crippen molar-refractivity contribution >= 4 is 39.3 Å². The van der Waals surface area contributed by atoms with E-state index in [9.17, 15) is 9.59 Å². The molecule has 0 spiro atoms. The molecule has 3 heterocycles. The smallest absolute Gasteiger partial charge is 0.261 e. The first-order valence-electron chi connectivity index (χ1n) is 11.0. The molecule has 1 atom stereocenters. The monoisotopic (exact) mass is 460 g/mol. The van der Waals surface area contributed by atoms with Gasteiger partial charge in [0.25, 0.3) is 11.6 Å². The van der Waals surface area contributed by atoms with Crippen LogP contribution in [0.1, 0.15) is 81.3 Å². The maximum absolute atomic E-state index is 14.2. The summed E-state index contributed by atoms with van der Waals surface area (Å²) in [5.41, 5.74) is 3.95. The van der Waals surface area contributed by atoms with Crippen molar-refractivity contribution in [3.8, 4) is 0 Å². The molecular weight excluding hydrogens is 436 g/mol. The number of aryl methyl sites for hydroxylation is 2. The summed E-state index contributed by atoms with van der Waals surface area (Å²) < 4.78 is 5.45. The highest BCUT2D eigenvalue weighted by Crippen LogP contribution is 2.41. The lowest BCUT2D eigenvalue weighted by Crippen LogP contribution is -2.34. The van der Waals surface area contributed by atoms with Crippen LogP contribution < -0.4 is 4.90 Å². The topological polar surface area (TPSA) is 89.2 Å². The van der Waals surface area contributed by atoms with E-state index < -0.39 is 0 Å². The van der Waals surface area contributed by atoms with Gasteiger partial charge in [-0.05, 0) is 45.2 Å². The number of anilines is 1. The molecular formula is C25H24N4O3S. The van der Waals surface area contributed by atoms with E-state index in [0.29, 0.717) is 44.0 Å². The van der Waals surface area contributed by atoms with E-state index in [1.807, 2.05) is 50.2 Å². The number of aromatic nitrogens is 3. The third-order valence-electron chi connectivity index (χ3n) is 6.06. The summed E-state index contributed by atoms with van der Waals surface area (Å²) in [6.07, 6.45) is 2.11. The molecule has 3 aromatic heterocycles. The number of fused-ring (bicyclic) bond motifs is 1. The molecule has 1 fully saturated rings. The lowest BCUT2D eigenvalue weighted by atomic mass is 10.0. The van der Waals surface area contributed by atoms with E-state index in [2.05, 4.69) is 15.1 Å². The fraction of sp³-hybridized carbons (Fsp3) is 0.320. The lowest BCUT2D eigenvalue weighted by molar-refractivity contribution is 0.0977. The Labute approximate surface area is 195 Å². The van der Waals surface area contributed by atoms with Crippen LogP contribution in [-0.4, -0.2) is 26.8 Å². The number of carbonyl (C=O) groups excluding carboxylic acids is 2. The molecule has 7 nitrogen and oxygen atoms in total. The van der Waals surface area contributed by atoms with E-state index in [4.69, 9.17) is 4.52 Å². The highest BCUT2D eigenvalue weighted by molar-refractivity contribution is 7.17. The average molecular weight is 461 g/mol. The third-order valence-corrected chi connectivity index (χ3v) is 7.32. The van der Waals surface area contributed by atoms with Crippen molar-refractivity contribution < 1.29 is 14.1 Å². The summed E-state index contributed by atoms with van der Waals surface area (Å²) in [5, 5.41) is 5.18. The van der Waals surface area contributed by atoms with Crippen molar-refractivity contribution in [2.45, 2.75) is 52.5 Å². The van der Waals surface area contributed by atoms with Crippen LogP contribution in [0.3, 0.4) is 0 Å². The zero-order valence-electron chi connectivity index (χ0n) is 19.0. The Kier molecular flexibility index (Phi) is 5.32. The minimum atomic E-state index is -0.309. The van der Waals surface area contributed by atoms with Gasteiger partial charge in [-0.25, -0.2) is 9.97 Å². The highest BCUT2D eigenvalue weighted by Gasteiger charge is 2.33. The van der Waals surface area contributed by atoms with Crippen LogP contribution in [0.15, 0.2) is 40.9 Å². The van der Waals surface area contributed by atoms with Crippen LogP contribution in [0.2, 0.25) is 0 Å². The Hall–Kier alpha value is -3.39. The van der Waals surface area contributed by atoms with Gasteiger partial charge in [-0.2, -0.15) is 0 Å². The molecule has 8 heteroatoms. The SMILES string of the molecule is CC(=O)c1sc(N(C(=O)c2cc(C3CC3)nc3onc(C)c23)[C@H](C)c2ccccc2)nc1C. The van der Waals surface area contributed by atoms with Crippen molar-refractivity contribution in [1.29, 1.82) is 0 Å². The van der Waals surface area contributed by atoms with E-state index >= 15 is 0 Å². The van der Waals surface area contributed by atoms with Gasteiger partial charge in [0.2, 0.25) is 0 Å². The van der Waals surface area contributed by atoms with E-state index in [1.165, 1.54) is 18.3 Å². The summed E-state index contributed by atoms with van der Waals surface area (Å²) >= 11 is 1.25. The number of pyridine rings is 1. The van der Waals surface area contributed by atoms with Crippen molar-refractivity contribution in [2.75, 3.05) is 4.90 Å². The predicted octanol–water partition coefficient (Wildman–Crippen LogP) is 5.78. The van der Waals surface area contributed by atoms with Crippen molar-refractivity contribution in [1.82, 2.24) is 15.1 Å². The molecule has 1 aliphatic carbocycles. The van der Waals surface area contributed by atoms with Gasteiger partial charge in [0.1, 0.15) is 0 Å². The minimum absolute atomic E-state index is 0.0618. The molecule has 0 N–H and O–H groups in total. The maximum atomic E-state index is 14.2. The number of thiazole rings is 1. The Morgan fingerprint density at radius 2 is 1.85 bits per heavy atom. The Morgan fingerprint density at radius 3 is 2.48 bits per heavy atom. The molecule has 1 aromatic carbocycles. The first-order chi connectivity index (χ1) is 15.8. The largest absolute Gasteiger partial charge is 0.336 e. The first kappa shape index (κ1) is 21.5. The first-order valence-corrected chi connectivity index (χ1v) is 11.8. The molecule has 4 aromatic rings. The van der Waals surface area contributed by atoms with Gasteiger partial charge < -0.3 is 4.52 Å². The Bertz CT molecular complexity index is 1370. The summed E-state index contributed by atoms with van der Waals surface area (Å²) in [5.74, 6) is 0.0711. The van der Waals surface area contributed by atoms with Crippen LogP contribution in [0.4, 0.5) is 5.13 Å². The molecule has 0 bridgehead atoms. The number of rotatable bonds is 6. The third kappa shape index (κ3) is 3.84. The average Bonchev–Trinajstić information content (AvgIpc) is 3.50. The van der Waals surface area contributed by atoms with E-state index in [0.717, 1.165) is 24.1 Å². The van der Waals surface area contributed by atoms with Crippen molar-refractivity contribution in [3.63, 3.8) is 0 Å². The van der Waals surface area contributed by atoms with E-state index in [1.54, 1.807) is 11.8 Å². The lowest BCUT2D eigenvalue weighted by Gasteiger charge is -2.28. The van der Waals surface area contributed by atoms with Crippen LogP contribution in [-0.2, 0) is 0 Å². The van der Waals surface area contributed by atoms with Gasteiger partial charge in [-0.1, -0.05) is 46.8 Å². The zero-order chi connectivity index (χ0) is 23.3. The fourth-order valence-corrected chi connectivity index (χ4v) is 5.16. The summed E-state index contributed by atoms with van der Waals surface area (Å²) in [6, 6.07) is 11.4. The number of nitrogens with zero attached hydrogens (tertiary/aromatic N) is 4. The number of hydrogen-bond donors (Lipinski definition) is 0. The van der Waals surface area contributed by atoms with Crippen molar-refractivity contribution in [2.24, 2.45) is 0 Å². The second-order valence-electron chi connectivity index (χ2n) is 8.55. The number of benzene rings is 1. The zero-order valence-corrected chi connectivity index (χ0v) is 19.8. The summed E-state index contributed by atoms with van der Waals surface area (Å²) in [6.45, 7) is 7.10. The molecule has 5 rings (SSSR count). The second kappa shape index (κ2) is 8.19. The van der Waals surface area contributed by atoms with Crippen molar-refractivity contribution in [3.05, 3.63) is 69.5 Å². The number of hydrogen-bond acceptors (Lipinski definition) is 7.